The second-order valence-corrected chi connectivity index (χ2v) is 6.12. The summed E-state index contributed by atoms with van der Waals surface area (Å²) < 4.78 is 23.7. The first kappa shape index (κ1) is 20.9. The van der Waals surface area contributed by atoms with Crippen LogP contribution in [0.1, 0.15) is 13.8 Å². The van der Waals surface area contributed by atoms with Gasteiger partial charge in [0.2, 0.25) is 5.91 Å². The molecule has 0 unspecified atom stereocenters. The molecule has 0 aliphatic carbocycles. The molecule has 1 aliphatic heterocycles. The number of halogens is 1. The quantitative estimate of drug-likeness (QED) is 0.781. The van der Waals surface area contributed by atoms with Crippen LogP contribution in [-0.2, 0) is 23.9 Å². The first-order chi connectivity index (χ1) is 13.3. The molecule has 0 saturated carbocycles. The van der Waals surface area contributed by atoms with Crippen LogP contribution in [0.4, 0.5) is 15.8 Å². The highest BCUT2D eigenvalue weighted by molar-refractivity contribution is 6.05. The van der Waals surface area contributed by atoms with Gasteiger partial charge in [-0.3, -0.25) is 4.79 Å². The molecule has 1 aromatic rings. The van der Waals surface area contributed by atoms with Crippen LogP contribution < -0.4 is 10.2 Å². The Bertz CT molecular complexity index is 887. The number of esters is 2. The number of carbonyl (C=O) groups is 3. The van der Waals surface area contributed by atoms with E-state index in [9.17, 15) is 18.8 Å². The van der Waals surface area contributed by atoms with Gasteiger partial charge in [-0.05, 0) is 30.4 Å². The third-order valence-corrected chi connectivity index (χ3v) is 3.90. The van der Waals surface area contributed by atoms with Crippen molar-refractivity contribution in [2.24, 2.45) is 5.92 Å². The van der Waals surface area contributed by atoms with Crippen molar-refractivity contribution in [3.05, 3.63) is 59.7 Å². The zero-order valence-electron chi connectivity index (χ0n) is 16.0. The van der Waals surface area contributed by atoms with Crippen LogP contribution in [0.2, 0.25) is 0 Å². The average Bonchev–Trinajstić information content (AvgIpc) is 2.91. The van der Waals surface area contributed by atoms with Gasteiger partial charge in [-0.2, -0.15) is 0 Å². The lowest BCUT2D eigenvalue weighted by atomic mass is 10.1. The Hall–Kier alpha value is -3.42. The minimum absolute atomic E-state index is 0.0311. The summed E-state index contributed by atoms with van der Waals surface area (Å²) in [4.78, 5) is 37.9. The number of nitrogens with one attached hydrogen (secondary N) is 1. The molecule has 148 valence electrons. The maximum absolute atomic E-state index is 14.2. The predicted octanol–water partition coefficient (Wildman–Crippen LogP) is 2.91. The fourth-order valence-electron chi connectivity index (χ4n) is 2.40. The molecule has 0 bridgehead atoms. The van der Waals surface area contributed by atoms with E-state index in [0.29, 0.717) is 5.69 Å². The number of anilines is 2. The molecule has 1 amide bonds. The first-order valence-corrected chi connectivity index (χ1v) is 8.45. The van der Waals surface area contributed by atoms with Crippen molar-refractivity contribution in [1.82, 2.24) is 0 Å². The SMILES string of the molecule is COC(=O)C1=C(C(=O)OC)N(c2ccc(F)c(NC(=O)C(C)C)c2)C=CC=C1. The van der Waals surface area contributed by atoms with Crippen molar-refractivity contribution in [1.29, 1.82) is 0 Å². The molecule has 1 heterocycles. The number of benzene rings is 1. The van der Waals surface area contributed by atoms with Gasteiger partial charge >= 0.3 is 11.9 Å². The lowest BCUT2D eigenvalue weighted by Crippen LogP contribution is -2.27. The molecule has 1 aliphatic rings. The number of rotatable bonds is 5. The molecule has 2 rings (SSSR count). The van der Waals surface area contributed by atoms with E-state index in [2.05, 4.69) is 5.32 Å². The molecule has 0 spiro atoms. The van der Waals surface area contributed by atoms with Gasteiger partial charge in [-0.1, -0.05) is 19.9 Å². The standard InChI is InChI=1S/C20H21FN2O5/c1-12(2)18(24)22-16-11-13(8-9-15(16)21)23-10-6-5-7-14(19(25)27-3)17(23)20(26)28-4/h5-12H,1-4H3,(H,22,24). The summed E-state index contributed by atoms with van der Waals surface area (Å²) in [5.41, 5.74) is 0.149. The summed E-state index contributed by atoms with van der Waals surface area (Å²) in [6.45, 7) is 3.36. The van der Waals surface area contributed by atoms with Crippen LogP contribution in [0.3, 0.4) is 0 Å². The van der Waals surface area contributed by atoms with E-state index in [4.69, 9.17) is 9.47 Å². The number of allylic oxidation sites excluding steroid dienone is 2. The van der Waals surface area contributed by atoms with E-state index < -0.39 is 17.8 Å². The van der Waals surface area contributed by atoms with Crippen LogP contribution in [-0.4, -0.2) is 32.1 Å². The number of nitrogens with zero attached hydrogens (tertiary/aromatic N) is 1. The zero-order chi connectivity index (χ0) is 20.8. The van der Waals surface area contributed by atoms with Crippen molar-refractivity contribution in [3.63, 3.8) is 0 Å². The number of ether oxygens (including phenoxy) is 2. The molecule has 1 N–H and O–H groups in total. The molecule has 0 aromatic heterocycles. The van der Waals surface area contributed by atoms with Gasteiger partial charge in [0, 0.05) is 17.8 Å². The van der Waals surface area contributed by atoms with Crippen LogP contribution in [0.15, 0.2) is 53.9 Å². The maximum Gasteiger partial charge on any atom is 0.355 e. The molecule has 0 radical (unpaired) electrons. The minimum atomic E-state index is -0.784. The fraction of sp³-hybridized carbons (Fsp3) is 0.250. The Morgan fingerprint density at radius 2 is 1.75 bits per heavy atom. The average molecular weight is 388 g/mol. The van der Waals surface area contributed by atoms with Crippen LogP contribution in [0, 0.1) is 11.7 Å². The summed E-state index contributed by atoms with van der Waals surface area (Å²) in [5, 5.41) is 2.50. The van der Waals surface area contributed by atoms with Crippen molar-refractivity contribution in [3.8, 4) is 0 Å². The summed E-state index contributed by atoms with van der Waals surface area (Å²) in [6, 6.07) is 3.93. The Labute approximate surface area is 162 Å². The summed E-state index contributed by atoms with van der Waals surface area (Å²) >= 11 is 0. The van der Waals surface area contributed by atoms with Gasteiger partial charge in [0.05, 0.1) is 25.5 Å². The molecule has 0 fully saturated rings. The molecule has 0 saturated heterocycles. The number of methoxy groups -OCH3 is 2. The topological polar surface area (TPSA) is 84.9 Å². The van der Waals surface area contributed by atoms with Crippen molar-refractivity contribution in [2.45, 2.75) is 13.8 Å². The van der Waals surface area contributed by atoms with E-state index in [0.717, 1.165) is 6.07 Å². The minimum Gasteiger partial charge on any atom is -0.465 e. The number of carbonyl (C=O) groups excluding carboxylic acids is 3. The molecular formula is C20H21FN2O5. The van der Waals surface area contributed by atoms with E-state index >= 15 is 0 Å². The zero-order valence-corrected chi connectivity index (χ0v) is 16.0. The van der Waals surface area contributed by atoms with Crippen LogP contribution in [0.5, 0.6) is 0 Å². The van der Waals surface area contributed by atoms with Gasteiger partial charge in [0.15, 0.2) is 0 Å². The summed E-state index contributed by atoms with van der Waals surface area (Å²) in [5.74, 6) is -2.86. The smallest absolute Gasteiger partial charge is 0.355 e. The van der Waals surface area contributed by atoms with E-state index in [1.807, 2.05) is 0 Å². The monoisotopic (exact) mass is 388 g/mol. The highest BCUT2D eigenvalue weighted by atomic mass is 19.1. The van der Waals surface area contributed by atoms with E-state index in [-0.39, 0.29) is 28.8 Å². The van der Waals surface area contributed by atoms with Gasteiger partial charge in [-0.15, -0.1) is 0 Å². The Morgan fingerprint density at radius 1 is 1.07 bits per heavy atom. The molecule has 8 heteroatoms. The van der Waals surface area contributed by atoms with Crippen LogP contribution >= 0.6 is 0 Å². The van der Waals surface area contributed by atoms with Gasteiger partial charge in [0.1, 0.15) is 11.5 Å². The molecule has 1 aromatic carbocycles. The predicted molar refractivity (Wildman–Crippen MR) is 102 cm³/mol. The van der Waals surface area contributed by atoms with Gasteiger partial charge in [-0.25, -0.2) is 14.0 Å². The normalized spacial score (nSPS) is 13.4. The second kappa shape index (κ2) is 8.98. The summed E-state index contributed by atoms with van der Waals surface area (Å²) in [6.07, 6.45) is 6.08. The van der Waals surface area contributed by atoms with Crippen molar-refractivity contribution >= 4 is 29.2 Å². The van der Waals surface area contributed by atoms with E-state index in [1.165, 1.54) is 43.5 Å². The number of amides is 1. The lowest BCUT2D eigenvalue weighted by Gasteiger charge is -2.24. The molecular weight excluding hydrogens is 367 g/mol. The molecule has 0 atom stereocenters. The Morgan fingerprint density at radius 3 is 2.36 bits per heavy atom. The third kappa shape index (κ3) is 4.46. The van der Waals surface area contributed by atoms with Crippen LogP contribution in [0.25, 0.3) is 0 Å². The highest BCUT2D eigenvalue weighted by Gasteiger charge is 2.28. The number of hydrogen-bond donors (Lipinski definition) is 1. The number of hydrogen-bond acceptors (Lipinski definition) is 6. The van der Waals surface area contributed by atoms with Crippen molar-refractivity contribution < 1.29 is 28.2 Å². The fourth-order valence-corrected chi connectivity index (χ4v) is 2.40. The third-order valence-electron chi connectivity index (χ3n) is 3.90. The summed E-state index contributed by atoms with van der Waals surface area (Å²) in [7, 11) is 2.37. The highest BCUT2D eigenvalue weighted by Crippen LogP contribution is 2.29. The lowest BCUT2D eigenvalue weighted by molar-refractivity contribution is -0.139. The maximum atomic E-state index is 14.2. The van der Waals surface area contributed by atoms with Crippen molar-refractivity contribution in [2.75, 3.05) is 24.4 Å². The molecule has 28 heavy (non-hydrogen) atoms. The van der Waals surface area contributed by atoms with Gasteiger partial charge in [0.25, 0.3) is 0 Å². The largest absolute Gasteiger partial charge is 0.465 e. The van der Waals surface area contributed by atoms with E-state index in [1.54, 1.807) is 26.0 Å². The molecule has 7 nitrogen and oxygen atoms in total. The Kier molecular flexibility index (Phi) is 6.70. The first-order valence-electron chi connectivity index (χ1n) is 8.45. The second-order valence-electron chi connectivity index (χ2n) is 6.12. The Balaban J connectivity index is 2.59. The van der Waals surface area contributed by atoms with Gasteiger partial charge < -0.3 is 19.7 Å².